The Morgan fingerprint density at radius 1 is 1.50 bits per heavy atom. The molecule has 114 valence electrons. The molecule has 0 spiro atoms. The molecule has 0 aliphatic heterocycles. The number of aliphatic hydroxyl groups excluding tert-OH is 1. The molecule has 20 heavy (non-hydrogen) atoms. The highest BCUT2D eigenvalue weighted by atomic mass is 35.5. The molecule has 0 aromatic carbocycles. The third kappa shape index (κ3) is 5.01. The van der Waals surface area contributed by atoms with E-state index in [1.807, 2.05) is 0 Å². The number of nitrogens with one attached hydrogen (secondary N) is 1. The number of hydrogen-bond acceptors (Lipinski definition) is 4. The summed E-state index contributed by atoms with van der Waals surface area (Å²) in [5, 5.41) is 15.1. The van der Waals surface area contributed by atoms with E-state index in [0.29, 0.717) is 6.42 Å². The third-order valence-corrected chi connectivity index (χ3v) is 2.78. The monoisotopic (exact) mass is 313 g/mol. The second-order valence-electron chi connectivity index (χ2n) is 4.58. The maximum absolute atomic E-state index is 12.2. The zero-order valence-electron chi connectivity index (χ0n) is 10.9. The number of rotatable bonds is 5. The van der Waals surface area contributed by atoms with Crippen molar-refractivity contribution in [2.24, 2.45) is 0 Å². The van der Waals surface area contributed by atoms with Crippen molar-refractivity contribution in [2.45, 2.75) is 45.1 Å². The van der Waals surface area contributed by atoms with Crippen molar-refractivity contribution in [1.29, 1.82) is 0 Å². The van der Waals surface area contributed by atoms with E-state index in [2.05, 4.69) is 10.4 Å². The average Bonchev–Trinajstić information content (AvgIpc) is 2.26. The van der Waals surface area contributed by atoms with E-state index in [1.54, 1.807) is 13.8 Å². The largest absolute Gasteiger partial charge is 0.408 e. The lowest BCUT2D eigenvalue weighted by atomic mass is 10.1. The molecular formula is C11H15ClF3N3O2. The number of alkyl halides is 3. The standard InChI is InChI=1S/C11H15ClF3N3O2/c1-6(3-7(2)19)17-8-4-16-18(5-11(13,14)15)10(20)9(8)12/h4,6-7,17,19H,3,5H2,1-2H3. The van der Waals surface area contributed by atoms with E-state index in [-0.39, 0.29) is 21.4 Å². The summed E-state index contributed by atoms with van der Waals surface area (Å²) in [6.07, 6.45) is -3.65. The molecule has 1 rings (SSSR count). The fourth-order valence-electron chi connectivity index (χ4n) is 1.68. The van der Waals surface area contributed by atoms with Crippen LogP contribution in [0.4, 0.5) is 18.9 Å². The molecule has 0 fully saturated rings. The van der Waals surface area contributed by atoms with Crippen LogP contribution in [-0.4, -0.2) is 33.2 Å². The highest BCUT2D eigenvalue weighted by molar-refractivity contribution is 6.32. The fourth-order valence-corrected chi connectivity index (χ4v) is 1.89. The lowest BCUT2D eigenvalue weighted by Gasteiger charge is -2.17. The van der Waals surface area contributed by atoms with Crippen LogP contribution in [0.25, 0.3) is 0 Å². The topological polar surface area (TPSA) is 67.2 Å². The van der Waals surface area contributed by atoms with Gasteiger partial charge in [-0.25, -0.2) is 4.68 Å². The van der Waals surface area contributed by atoms with Gasteiger partial charge >= 0.3 is 6.18 Å². The molecule has 1 aromatic rings. The minimum atomic E-state index is -4.55. The van der Waals surface area contributed by atoms with Crippen LogP contribution >= 0.6 is 11.6 Å². The third-order valence-electron chi connectivity index (χ3n) is 2.41. The molecule has 0 bridgehead atoms. The van der Waals surface area contributed by atoms with Gasteiger partial charge in [0.05, 0.1) is 18.0 Å². The zero-order chi connectivity index (χ0) is 15.5. The summed E-state index contributed by atoms with van der Waals surface area (Å²) >= 11 is 5.74. The summed E-state index contributed by atoms with van der Waals surface area (Å²) in [5.74, 6) is 0. The average molecular weight is 314 g/mol. The van der Waals surface area contributed by atoms with E-state index in [0.717, 1.165) is 6.20 Å². The van der Waals surface area contributed by atoms with E-state index in [9.17, 15) is 23.1 Å². The van der Waals surface area contributed by atoms with Gasteiger partial charge in [-0.05, 0) is 20.3 Å². The minimum absolute atomic E-state index is 0.142. The van der Waals surface area contributed by atoms with Crippen molar-refractivity contribution >= 4 is 17.3 Å². The molecule has 2 N–H and O–H groups in total. The maximum atomic E-state index is 12.2. The molecule has 0 aliphatic rings. The summed E-state index contributed by atoms with van der Waals surface area (Å²) in [7, 11) is 0. The normalized spacial score (nSPS) is 14.9. The van der Waals surface area contributed by atoms with Crippen LogP contribution in [0.2, 0.25) is 5.02 Å². The summed E-state index contributed by atoms with van der Waals surface area (Å²) in [4.78, 5) is 11.7. The number of anilines is 1. The van der Waals surface area contributed by atoms with Gasteiger partial charge in [0.15, 0.2) is 0 Å². The molecule has 2 atom stereocenters. The summed E-state index contributed by atoms with van der Waals surface area (Å²) < 4.78 is 36.9. The Balaban J connectivity index is 2.92. The first-order valence-electron chi connectivity index (χ1n) is 5.87. The predicted octanol–water partition coefficient (Wildman–Crippen LogP) is 2.03. The minimum Gasteiger partial charge on any atom is -0.393 e. The first-order chi connectivity index (χ1) is 9.10. The van der Waals surface area contributed by atoms with Crippen LogP contribution in [0.1, 0.15) is 20.3 Å². The number of nitrogens with zero attached hydrogens (tertiary/aromatic N) is 2. The molecule has 1 heterocycles. The quantitative estimate of drug-likeness (QED) is 0.873. The highest BCUT2D eigenvalue weighted by Gasteiger charge is 2.29. The van der Waals surface area contributed by atoms with E-state index < -0.39 is 24.4 Å². The molecule has 5 nitrogen and oxygen atoms in total. The molecular weight excluding hydrogens is 299 g/mol. The van der Waals surface area contributed by atoms with Gasteiger partial charge in [-0.15, -0.1) is 0 Å². The van der Waals surface area contributed by atoms with Gasteiger partial charge in [0.25, 0.3) is 5.56 Å². The maximum Gasteiger partial charge on any atom is 0.408 e. The van der Waals surface area contributed by atoms with Crippen LogP contribution in [0.3, 0.4) is 0 Å². The molecule has 2 unspecified atom stereocenters. The summed E-state index contributed by atoms with van der Waals surface area (Å²) in [6.45, 7) is 1.85. The fraction of sp³-hybridized carbons (Fsp3) is 0.636. The van der Waals surface area contributed by atoms with E-state index >= 15 is 0 Å². The highest BCUT2D eigenvalue weighted by Crippen LogP contribution is 2.20. The molecule has 0 amide bonds. The van der Waals surface area contributed by atoms with Crippen molar-refractivity contribution in [2.75, 3.05) is 5.32 Å². The first kappa shape index (κ1) is 16.8. The molecule has 0 saturated heterocycles. The van der Waals surface area contributed by atoms with Crippen LogP contribution in [0.5, 0.6) is 0 Å². The second-order valence-corrected chi connectivity index (χ2v) is 4.96. The zero-order valence-corrected chi connectivity index (χ0v) is 11.7. The van der Waals surface area contributed by atoms with Crippen LogP contribution in [-0.2, 0) is 6.54 Å². The first-order valence-corrected chi connectivity index (χ1v) is 6.25. The summed E-state index contributed by atoms with van der Waals surface area (Å²) in [6, 6.07) is -0.216. The Morgan fingerprint density at radius 3 is 2.60 bits per heavy atom. The van der Waals surface area contributed by atoms with E-state index in [1.165, 1.54) is 0 Å². The smallest absolute Gasteiger partial charge is 0.393 e. The Hall–Kier alpha value is -1.28. The van der Waals surface area contributed by atoms with Gasteiger partial charge in [0.2, 0.25) is 0 Å². The lowest BCUT2D eigenvalue weighted by Crippen LogP contribution is -2.31. The van der Waals surface area contributed by atoms with Gasteiger partial charge in [0, 0.05) is 6.04 Å². The summed E-state index contributed by atoms with van der Waals surface area (Å²) in [5.41, 5.74) is -0.874. The van der Waals surface area contributed by atoms with Gasteiger partial charge in [-0.1, -0.05) is 11.6 Å². The number of aliphatic hydroxyl groups is 1. The van der Waals surface area contributed by atoms with Crippen molar-refractivity contribution in [1.82, 2.24) is 9.78 Å². The van der Waals surface area contributed by atoms with Crippen LogP contribution in [0, 0.1) is 0 Å². The number of halogens is 4. The van der Waals surface area contributed by atoms with E-state index in [4.69, 9.17) is 11.6 Å². The SMILES string of the molecule is CC(O)CC(C)Nc1cnn(CC(F)(F)F)c(=O)c1Cl. The van der Waals surface area contributed by atoms with Crippen molar-refractivity contribution in [3.63, 3.8) is 0 Å². The predicted molar refractivity (Wildman–Crippen MR) is 68.9 cm³/mol. The van der Waals surface area contributed by atoms with Crippen molar-refractivity contribution in [3.8, 4) is 0 Å². The van der Waals surface area contributed by atoms with Gasteiger partial charge in [0.1, 0.15) is 11.6 Å². The van der Waals surface area contributed by atoms with Crippen LogP contribution in [0.15, 0.2) is 11.0 Å². The molecule has 9 heteroatoms. The Morgan fingerprint density at radius 2 is 2.10 bits per heavy atom. The molecule has 0 radical (unpaired) electrons. The number of aromatic nitrogens is 2. The van der Waals surface area contributed by atoms with Gasteiger partial charge in [-0.2, -0.15) is 18.3 Å². The molecule has 1 aromatic heterocycles. The van der Waals surface area contributed by atoms with Crippen molar-refractivity contribution < 1.29 is 18.3 Å². The Bertz CT molecular complexity index is 517. The number of hydrogen-bond donors (Lipinski definition) is 2. The van der Waals surface area contributed by atoms with Gasteiger partial charge < -0.3 is 10.4 Å². The second kappa shape index (κ2) is 6.45. The van der Waals surface area contributed by atoms with Gasteiger partial charge in [-0.3, -0.25) is 4.79 Å². The lowest BCUT2D eigenvalue weighted by molar-refractivity contribution is -0.143. The Kier molecular flexibility index (Phi) is 5.41. The van der Waals surface area contributed by atoms with Crippen molar-refractivity contribution in [3.05, 3.63) is 21.6 Å². The molecule has 0 saturated carbocycles. The van der Waals surface area contributed by atoms with Crippen LogP contribution < -0.4 is 10.9 Å². The Labute approximate surface area is 118 Å². The molecule has 0 aliphatic carbocycles.